The van der Waals surface area contributed by atoms with Gasteiger partial charge in [-0.1, -0.05) is 30.1 Å². The number of nitrogens with two attached hydrogens (primary N) is 1. The first-order valence-electron chi connectivity index (χ1n) is 9.68. The van der Waals surface area contributed by atoms with Gasteiger partial charge in [0.2, 0.25) is 15.9 Å². The summed E-state index contributed by atoms with van der Waals surface area (Å²) in [5.74, 6) is 1.19. The van der Waals surface area contributed by atoms with Gasteiger partial charge in [0.15, 0.2) is 5.82 Å². The number of hydrogen-bond acceptors (Lipinski definition) is 6. The molecule has 2 aliphatic rings. The van der Waals surface area contributed by atoms with Crippen LogP contribution in [-0.2, 0) is 28.4 Å². The number of sulfonamides is 1. The predicted octanol–water partition coefficient (Wildman–Crippen LogP) is 2.37. The molecular formula is C19H26N4O3S. The quantitative estimate of drug-likeness (QED) is 0.812. The summed E-state index contributed by atoms with van der Waals surface area (Å²) >= 11 is 0. The van der Waals surface area contributed by atoms with E-state index in [0.29, 0.717) is 42.5 Å². The third-order valence-electron chi connectivity index (χ3n) is 5.66. The fraction of sp³-hybridized carbons (Fsp3) is 0.579. The minimum atomic E-state index is -3.36. The van der Waals surface area contributed by atoms with Gasteiger partial charge in [0.25, 0.3) is 0 Å². The smallest absolute Gasteiger partial charge is 0.243 e. The first-order chi connectivity index (χ1) is 13.0. The van der Waals surface area contributed by atoms with Crippen LogP contribution in [0.2, 0.25) is 0 Å². The highest BCUT2D eigenvalue weighted by atomic mass is 32.2. The van der Waals surface area contributed by atoms with Crippen molar-refractivity contribution in [1.82, 2.24) is 14.4 Å². The van der Waals surface area contributed by atoms with Crippen LogP contribution in [0.3, 0.4) is 0 Å². The van der Waals surface area contributed by atoms with Gasteiger partial charge in [-0.25, -0.2) is 8.42 Å². The SMILES string of the molecule is NC1(c2noc(CCc3ccc(S(=O)(=O)N4CCCC4)cc3)n2)CCCC1. The minimum absolute atomic E-state index is 0.361. The van der Waals surface area contributed by atoms with Crippen molar-refractivity contribution >= 4 is 10.0 Å². The van der Waals surface area contributed by atoms with Gasteiger partial charge >= 0.3 is 0 Å². The van der Waals surface area contributed by atoms with Gasteiger partial charge in [-0.2, -0.15) is 9.29 Å². The van der Waals surface area contributed by atoms with E-state index >= 15 is 0 Å². The topological polar surface area (TPSA) is 102 Å². The lowest BCUT2D eigenvalue weighted by molar-refractivity contribution is 0.348. The van der Waals surface area contributed by atoms with Crippen molar-refractivity contribution in [1.29, 1.82) is 0 Å². The van der Waals surface area contributed by atoms with Gasteiger partial charge in [0.05, 0.1) is 10.4 Å². The standard InChI is InChI=1S/C19H26N4O3S/c20-19(11-1-2-12-19)18-21-17(26-22-18)10-7-15-5-8-16(9-6-15)27(24,25)23-13-3-4-14-23/h5-6,8-9H,1-4,7,10-14,20H2. The van der Waals surface area contributed by atoms with Crippen molar-refractivity contribution in [2.75, 3.05) is 13.1 Å². The van der Waals surface area contributed by atoms with E-state index in [0.717, 1.165) is 44.1 Å². The third-order valence-corrected chi connectivity index (χ3v) is 7.58. The molecule has 2 aromatic rings. The van der Waals surface area contributed by atoms with Crippen molar-refractivity contribution < 1.29 is 12.9 Å². The Balaban J connectivity index is 1.39. The Morgan fingerprint density at radius 1 is 1.04 bits per heavy atom. The number of nitrogens with zero attached hydrogens (tertiary/aromatic N) is 3. The maximum atomic E-state index is 12.6. The summed E-state index contributed by atoms with van der Waals surface area (Å²) in [6.45, 7) is 1.23. The molecule has 0 spiro atoms. The number of hydrogen-bond donors (Lipinski definition) is 1. The molecule has 8 heteroatoms. The highest BCUT2D eigenvalue weighted by Crippen LogP contribution is 2.34. The van der Waals surface area contributed by atoms with Crippen LogP contribution in [0.5, 0.6) is 0 Å². The van der Waals surface area contributed by atoms with Crippen molar-refractivity contribution in [3.63, 3.8) is 0 Å². The van der Waals surface area contributed by atoms with Crippen molar-refractivity contribution in [2.45, 2.75) is 61.8 Å². The van der Waals surface area contributed by atoms with Crippen LogP contribution in [-0.4, -0.2) is 36.0 Å². The van der Waals surface area contributed by atoms with E-state index in [4.69, 9.17) is 10.3 Å². The molecule has 2 N–H and O–H groups in total. The molecule has 1 aliphatic heterocycles. The molecule has 1 aliphatic carbocycles. The molecule has 0 radical (unpaired) electrons. The molecular weight excluding hydrogens is 364 g/mol. The molecule has 1 saturated heterocycles. The van der Waals surface area contributed by atoms with Crippen molar-refractivity contribution in [2.24, 2.45) is 5.73 Å². The summed E-state index contributed by atoms with van der Waals surface area (Å²) in [6.07, 6.45) is 7.21. The van der Waals surface area contributed by atoms with Gasteiger partial charge in [-0.05, 0) is 49.8 Å². The van der Waals surface area contributed by atoms with Crippen LogP contribution >= 0.6 is 0 Å². The lowest BCUT2D eigenvalue weighted by Crippen LogP contribution is -2.34. The Labute approximate surface area is 160 Å². The van der Waals surface area contributed by atoms with E-state index in [9.17, 15) is 8.42 Å². The monoisotopic (exact) mass is 390 g/mol. The maximum Gasteiger partial charge on any atom is 0.243 e. The summed E-state index contributed by atoms with van der Waals surface area (Å²) in [6, 6.07) is 7.11. The Bertz CT molecular complexity index is 880. The molecule has 1 saturated carbocycles. The van der Waals surface area contributed by atoms with Gasteiger partial charge in [0.1, 0.15) is 0 Å². The second-order valence-electron chi connectivity index (χ2n) is 7.63. The number of aromatic nitrogens is 2. The zero-order valence-electron chi connectivity index (χ0n) is 15.4. The van der Waals surface area contributed by atoms with Crippen LogP contribution in [0.25, 0.3) is 0 Å². The highest BCUT2D eigenvalue weighted by Gasteiger charge is 2.35. The number of aryl methyl sites for hydroxylation is 2. The van der Waals surface area contributed by atoms with E-state index in [1.807, 2.05) is 12.1 Å². The largest absolute Gasteiger partial charge is 0.339 e. The molecule has 0 unspecified atom stereocenters. The predicted molar refractivity (Wildman–Crippen MR) is 100 cm³/mol. The van der Waals surface area contributed by atoms with Crippen LogP contribution in [0.1, 0.15) is 55.8 Å². The zero-order chi connectivity index (χ0) is 18.9. The first kappa shape index (κ1) is 18.6. The average molecular weight is 391 g/mol. The molecule has 0 atom stereocenters. The summed E-state index contributed by atoms with van der Waals surface area (Å²) in [5, 5.41) is 4.08. The Hall–Kier alpha value is -1.77. The van der Waals surface area contributed by atoms with E-state index < -0.39 is 15.6 Å². The number of benzene rings is 1. The molecule has 1 aromatic heterocycles. The molecule has 1 aromatic carbocycles. The molecule has 146 valence electrons. The zero-order valence-corrected chi connectivity index (χ0v) is 16.2. The van der Waals surface area contributed by atoms with Crippen molar-refractivity contribution in [3.8, 4) is 0 Å². The van der Waals surface area contributed by atoms with E-state index in [-0.39, 0.29) is 0 Å². The van der Waals surface area contributed by atoms with Crippen LogP contribution in [0.4, 0.5) is 0 Å². The lowest BCUT2D eigenvalue weighted by Gasteiger charge is -2.17. The Morgan fingerprint density at radius 3 is 2.37 bits per heavy atom. The lowest BCUT2D eigenvalue weighted by atomic mass is 9.99. The molecule has 2 heterocycles. The summed E-state index contributed by atoms with van der Waals surface area (Å²) < 4.78 is 32.1. The maximum absolute atomic E-state index is 12.6. The van der Waals surface area contributed by atoms with Gasteiger partial charge in [0, 0.05) is 19.5 Å². The van der Waals surface area contributed by atoms with Crippen molar-refractivity contribution in [3.05, 3.63) is 41.5 Å². The first-order valence-corrected chi connectivity index (χ1v) is 11.1. The van der Waals surface area contributed by atoms with Crippen LogP contribution in [0.15, 0.2) is 33.7 Å². The van der Waals surface area contributed by atoms with Crippen LogP contribution < -0.4 is 5.73 Å². The Morgan fingerprint density at radius 2 is 1.70 bits per heavy atom. The minimum Gasteiger partial charge on any atom is -0.339 e. The van der Waals surface area contributed by atoms with Gasteiger partial charge in [-0.3, -0.25) is 0 Å². The third kappa shape index (κ3) is 3.79. The fourth-order valence-electron chi connectivity index (χ4n) is 3.95. The summed E-state index contributed by atoms with van der Waals surface area (Å²) in [5.41, 5.74) is 6.97. The van der Waals surface area contributed by atoms with Gasteiger partial charge < -0.3 is 10.3 Å². The average Bonchev–Trinajstić information content (AvgIpc) is 3.42. The van der Waals surface area contributed by atoms with E-state index in [1.165, 1.54) is 0 Å². The van der Waals surface area contributed by atoms with E-state index in [1.54, 1.807) is 16.4 Å². The molecule has 4 rings (SSSR count). The molecule has 27 heavy (non-hydrogen) atoms. The number of rotatable bonds is 6. The molecule has 0 amide bonds. The summed E-state index contributed by atoms with van der Waals surface area (Å²) in [4.78, 5) is 4.84. The fourth-order valence-corrected chi connectivity index (χ4v) is 5.46. The Kier molecular flexibility index (Phi) is 5.05. The van der Waals surface area contributed by atoms with Gasteiger partial charge in [-0.15, -0.1) is 0 Å². The van der Waals surface area contributed by atoms with E-state index in [2.05, 4.69) is 10.1 Å². The highest BCUT2D eigenvalue weighted by molar-refractivity contribution is 7.89. The summed E-state index contributed by atoms with van der Waals surface area (Å²) in [7, 11) is -3.36. The second kappa shape index (κ2) is 7.33. The molecule has 7 nitrogen and oxygen atoms in total. The van der Waals surface area contributed by atoms with Crippen LogP contribution in [0, 0.1) is 0 Å². The second-order valence-corrected chi connectivity index (χ2v) is 9.57. The molecule has 2 fully saturated rings. The molecule has 0 bridgehead atoms. The normalized spacial score (nSPS) is 20.3.